The number of aromatic hydroxyl groups is 1. The number of anilines is 1. The summed E-state index contributed by atoms with van der Waals surface area (Å²) in [4.78, 5) is 26.9. The van der Waals surface area contributed by atoms with Gasteiger partial charge in [0.25, 0.3) is 11.7 Å². The van der Waals surface area contributed by atoms with E-state index in [1.165, 1.54) is 42.5 Å². The Morgan fingerprint density at radius 1 is 0.906 bits per heavy atom. The number of Topliss-reactive ketones (excluding diaryl/α,β-unsaturated/α-hetero) is 1. The van der Waals surface area contributed by atoms with Gasteiger partial charge < -0.3 is 10.2 Å². The van der Waals surface area contributed by atoms with E-state index >= 15 is 0 Å². The van der Waals surface area contributed by atoms with Gasteiger partial charge in [-0.15, -0.1) is 0 Å². The van der Waals surface area contributed by atoms with Crippen LogP contribution in [-0.2, 0) is 9.59 Å². The van der Waals surface area contributed by atoms with Crippen molar-refractivity contribution in [3.8, 4) is 5.75 Å². The van der Waals surface area contributed by atoms with Crippen molar-refractivity contribution in [1.82, 2.24) is 0 Å². The van der Waals surface area contributed by atoms with Crippen LogP contribution >= 0.6 is 23.2 Å². The highest BCUT2D eigenvalue weighted by atomic mass is 35.5. The first-order chi connectivity index (χ1) is 15.2. The van der Waals surface area contributed by atoms with Crippen LogP contribution in [-0.4, -0.2) is 21.9 Å². The average Bonchev–Trinajstić information content (AvgIpc) is 3.02. The molecule has 1 atom stereocenters. The van der Waals surface area contributed by atoms with E-state index in [1.54, 1.807) is 0 Å². The van der Waals surface area contributed by atoms with E-state index in [1.807, 2.05) is 0 Å². The van der Waals surface area contributed by atoms with E-state index in [2.05, 4.69) is 0 Å². The van der Waals surface area contributed by atoms with E-state index in [0.29, 0.717) is 0 Å². The van der Waals surface area contributed by atoms with Crippen molar-refractivity contribution in [2.45, 2.75) is 6.04 Å². The largest absolute Gasteiger partial charge is 0.508 e. The number of hydrogen-bond acceptors (Lipinski definition) is 4. The quantitative estimate of drug-likeness (QED) is 0.293. The fraction of sp³-hybridized carbons (Fsp3) is 0.0435. The van der Waals surface area contributed by atoms with Crippen LogP contribution in [0.1, 0.15) is 17.2 Å². The second kappa shape index (κ2) is 8.26. The fourth-order valence-corrected chi connectivity index (χ4v) is 3.84. The lowest BCUT2D eigenvalue weighted by Crippen LogP contribution is -2.29. The van der Waals surface area contributed by atoms with Gasteiger partial charge in [0.15, 0.2) is 11.6 Å². The number of phenols is 1. The van der Waals surface area contributed by atoms with Crippen molar-refractivity contribution in [2.24, 2.45) is 0 Å². The summed E-state index contributed by atoms with van der Waals surface area (Å²) in [5.74, 6) is -5.16. The number of ketones is 1. The van der Waals surface area contributed by atoms with Crippen molar-refractivity contribution in [3.63, 3.8) is 0 Å². The predicted octanol–water partition coefficient (Wildman–Crippen LogP) is 5.60. The molecular formula is C23H13Cl2F2NO4. The van der Waals surface area contributed by atoms with E-state index in [-0.39, 0.29) is 38.2 Å². The lowest BCUT2D eigenvalue weighted by Gasteiger charge is -2.25. The van der Waals surface area contributed by atoms with Crippen LogP contribution in [0.15, 0.2) is 66.2 Å². The van der Waals surface area contributed by atoms with Crippen LogP contribution in [0, 0.1) is 11.6 Å². The summed E-state index contributed by atoms with van der Waals surface area (Å²) >= 11 is 11.9. The summed E-state index contributed by atoms with van der Waals surface area (Å²) in [6, 6.07) is 11.3. The van der Waals surface area contributed by atoms with Crippen molar-refractivity contribution >= 4 is 46.3 Å². The van der Waals surface area contributed by atoms with Gasteiger partial charge in [-0.1, -0.05) is 35.3 Å². The number of halogens is 4. The van der Waals surface area contributed by atoms with Crippen molar-refractivity contribution < 1.29 is 28.6 Å². The van der Waals surface area contributed by atoms with Gasteiger partial charge in [-0.05, 0) is 48.0 Å². The minimum Gasteiger partial charge on any atom is -0.508 e. The number of carbonyl (C=O) groups excluding carboxylic acids is 2. The molecule has 1 aliphatic heterocycles. The maximum atomic E-state index is 13.9. The Kier molecular flexibility index (Phi) is 5.62. The number of amides is 1. The lowest BCUT2D eigenvalue weighted by molar-refractivity contribution is -0.132. The van der Waals surface area contributed by atoms with Crippen LogP contribution in [0.4, 0.5) is 14.5 Å². The molecule has 3 aromatic rings. The molecule has 4 rings (SSSR count). The number of aliphatic hydroxyl groups is 1. The number of hydrogen-bond donors (Lipinski definition) is 2. The summed E-state index contributed by atoms with van der Waals surface area (Å²) in [5, 5.41) is 21.2. The Labute approximate surface area is 190 Å². The highest BCUT2D eigenvalue weighted by molar-refractivity contribution is 6.51. The van der Waals surface area contributed by atoms with Crippen LogP contribution in [0.5, 0.6) is 5.75 Å². The third-order valence-corrected chi connectivity index (χ3v) is 5.74. The third-order valence-electron chi connectivity index (χ3n) is 5.00. The minimum atomic E-state index is -1.23. The predicted molar refractivity (Wildman–Crippen MR) is 116 cm³/mol. The van der Waals surface area contributed by atoms with Crippen LogP contribution < -0.4 is 4.90 Å². The van der Waals surface area contributed by atoms with Crippen molar-refractivity contribution in [3.05, 3.63) is 99.0 Å². The molecule has 0 aromatic heterocycles. The van der Waals surface area contributed by atoms with Crippen LogP contribution in [0.25, 0.3) is 5.76 Å². The van der Waals surface area contributed by atoms with Gasteiger partial charge >= 0.3 is 0 Å². The van der Waals surface area contributed by atoms with Crippen molar-refractivity contribution in [1.29, 1.82) is 0 Å². The molecule has 5 nitrogen and oxygen atoms in total. The number of benzene rings is 3. The molecule has 0 saturated carbocycles. The Balaban J connectivity index is 1.97. The Hall–Kier alpha value is -3.42. The number of nitrogens with zero attached hydrogens (tertiary/aromatic N) is 1. The lowest BCUT2D eigenvalue weighted by atomic mass is 9.95. The Morgan fingerprint density at radius 3 is 2.31 bits per heavy atom. The summed E-state index contributed by atoms with van der Waals surface area (Å²) < 4.78 is 27.4. The molecule has 1 saturated heterocycles. The van der Waals surface area contributed by atoms with E-state index in [0.717, 1.165) is 23.1 Å². The zero-order valence-corrected chi connectivity index (χ0v) is 17.5. The maximum Gasteiger partial charge on any atom is 0.300 e. The summed E-state index contributed by atoms with van der Waals surface area (Å²) in [7, 11) is 0. The molecule has 0 bridgehead atoms. The van der Waals surface area contributed by atoms with Gasteiger partial charge in [-0.3, -0.25) is 14.5 Å². The van der Waals surface area contributed by atoms with Gasteiger partial charge in [-0.2, -0.15) is 0 Å². The van der Waals surface area contributed by atoms with Gasteiger partial charge in [0.05, 0.1) is 21.7 Å². The van der Waals surface area contributed by atoms with Gasteiger partial charge in [0.2, 0.25) is 0 Å². The minimum absolute atomic E-state index is 0.104. The first kappa shape index (κ1) is 21.8. The van der Waals surface area contributed by atoms with Crippen molar-refractivity contribution in [2.75, 3.05) is 4.90 Å². The highest BCUT2D eigenvalue weighted by Gasteiger charge is 2.47. The van der Waals surface area contributed by atoms with Gasteiger partial charge in [0, 0.05) is 17.3 Å². The van der Waals surface area contributed by atoms with E-state index in [4.69, 9.17) is 23.2 Å². The first-order valence-corrected chi connectivity index (χ1v) is 9.95. The van der Waals surface area contributed by atoms with E-state index in [9.17, 15) is 28.6 Å². The molecule has 3 aromatic carbocycles. The monoisotopic (exact) mass is 475 g/mol. The molecular weight excluding hydrogens is 463 g/mol. The number of phenolic OH excluding ortho intramolecular Hbond substituents is 1. The average molecular weight is 476 g/mol. The number of carbonyl (C=O) groups is 2. The molecule has 0 aliphatic carbocycles. The van der Waals surface area contributed by atoms with Crippen LogP contribution in [0.2, 0.25) is 10.0 Å². The second-order valence-electron chi connectivity index (χ2n) is 6.99. The van der Waals surface area contributed by atoms with Gasteiger partial charge in [-0.25, -0.2) is 8.78 Å². The third kappa shape index (κ3) is 3.70. The topological polar surface area (TPSA) is 77.8 Å². The summed E-state index contributed by atoms with van der Waals surface area (Å²) in [5.41, 5.74) is -0.0420. The highest BCUT2D eigenvalue weighted by Crippen LogP contribution is 2.43. The molecule has 162 valence electrons. The molecule has 9 heteroatoms. The molecule has 1 heterocycles. The fourth-order valence-electron chi connectivity index (χ4n) is 3.54. The van der Waals surface area contributed by atoms with E-state index < -0.39 is 35.1 Å². The molecule has 1 amide bonds. The molecule has 0 radical (unpaired) electrons. The molecule has 0 spiro atoms. The number of aliphatic hydroxyl groups excluding tert-OH is 1. The van der Waals surface area contributed by atoms with Crippen LogP contribution in [0.3, 0.4) is 0 Å². The molecule has 1 aliphatic rings. The zero-order valence-electron chi connectivity index (χ0n) is 16.0. The molecule has 2 N–H and O–H groups in total. The molecule has 1 unspecified atom stereocenters. The van der Waals surface area contributed by atoms with Gasteiger partial charge in [0.1, 0.15) is 11.5 Å². The smallest absolute Gasteiger partial charge is 0.300 e. The zero-order chi connectivity index (χ0) is 23.2. The second-order valence-corrected chi connectivity index (χ2v) is 7.81. The maximum absolute atomic E-state index is 13.9. The Morgan fingerprint density at radius 2 is 1.66 bits per heavy atom. The molecule has 32 heavy (non-hydrogen) atoms. The molecule has 1 fully saturated rings. The Bertz CT molecular complexity index is 1310. The SMILES string of the molecule is O=C1C(=O)N(c2ccc(F)c(F)c2)C(c2cccc(O)c2)/C1=C(\O)c1ccc(Cl)c(Cl)c1. The summed E-state index contributed by atoms with van der Waals surface area (Å²) in [6.07, 6.45) is 0. The number of rotatable bonds is 3. The first-order valence-electron chi connectivity index (χ1n) is 9.19. The standard InChI is InChI=1S/C23H13Cl2F2NO4/c24-15-6-4-12(9-16(15)25)21(30)19-20(11-2-1-3-14(29)8-11)28(23(32)22(19)31)13-5-7-17(26)18(27)10-13/h1-10,20,29-30H/b21-19+. The summed E-state index contributed by atoms with van der Waals surface area (Å²) in [6.45, 7) is 0. The normalized spacial score (nSPS) is 17.8.